The van der Waals surface area contributed by atoms with Crippen molar-refractivity contribution in [3.63, 3.8) is 0 Å². The van der Waals surface area contributed by atoms with E-state index in [0.717, 1.165) is 18.8 Å². The predicted octanol–water partition coefficient (Wildman–Crippen LogP) is 3.09. The van der Waals surface area contributed by atoms with E-state index in [9.17, 15) is 4.79 Å². The van der Waals surface area contributed by atoms with Gasteiger partial charge in [0.15, 0.2) is 0 Å². The molecule has 15 heavy (non-hydrogen) atoms. The van der Waals surface area contributed by atoms with Crippen LogP contribution in [0.4, 0.5) is 4.79 Å². The van der Waals surface area contributed by atoms with Crippen LogP contribution in [0.25, 0.3) is 0 Å². The number of hydrogen-bond donors (Lipinski definition) is 1. The van der Waals surface area contributed by atoms with Crippen LogP contribution >= 0.6 is 0 Å². The summed E-state index contributed by atoms with van der Waals surface area (Å²) in [5.74, 6) is 0.781. The summed E-state index contributed by atoms with van der Waals surface area (Å²) in [7, 11) is 0. The molecule has 1 aliphatic rings. The van der Waals surface area contributed by atoms with E-state index in [1.54, 1.807) is 0 Å². The number of carbonyl (C=O) groups excluding carboxylic acids is 1. The van der Waals surface area contributed by atoms with E-state index in [1.807, 2.05) is 13.8 Å². The molecule has 1 saturated carbocycles. The molecule has 0 bridgehead atoms. The number of nitrogens with one attached hydrogen (secondary N) is 1. The van der Waals surface area contributed by atoms with Crippen LogP contribution in [0.5, 0.6) is 0 Å². The average molecular weight is 213 g/mol. The third-order valence-electron chi connectivity index (χ3n) is 3.02. The molecule has 1 aliphatic carbocycles. The lowest BCUT2D eigenvalue weighted by molar-refractivity contribution is 0.108. The normalized spacial score (nSPS) is 26.4. The summed E-state index contributed by atoms with van der Waals surface area (Å²) in [6, 6.07) is 0.329. The Morgan fingerprint density at radius 2 is 2.20 bits per heavy atom. The SMILES string of the molecule is CCC1CCCC(NC(=O)OC(C)C)C1. The van der Waals surface area contributed by atoms with Gasteiger partial charge in [-0.2, -0.15) is 0 Å². The first-order valence-corrected chi connectivity index (χ1v) is 6.09. The van der Waals surface area contributed by atoms with Crippen molar-refractivity contribution < 1.29 is 9.53 Å². The zero-order valence-electron chi connectivity index (χ0n) is 10.1. The molecule has 3 nitrogen and oxygen atoms in total. The van der Waals surface area contributed by atoms with E-state index in [2.05, 4.69) is 12.2 Å². The average Bonchev–Trinajstić information content (AvgIpc) is 2.16. The second kappa shape index (κ2) is 5.99. The molecule has 1 amide bonds. The molecule has 3 heteroatoms. The van der Waals surface area contributed by atoms with Crippen LogP contribution in [-0.4, -0.2) is 18.2 Å². The molecule has 1 N–H and O–H groups in total. The second-order valence-electron chi connectivity index (χ2n) is 4.74. The molecule has 0 aromatic heterocycles. The van der Waals surface area contributed by atoms with Gasteiger partial charge in [-0.25, -0.2) is 4.79 Å². The van der Waals surface area contributed by atoms with E-state index >= 15 is 0 Å². The minimum Gasteiger partial charge on any atom is -0.447 e. The number of rotatable bonds is 3. The van der Waals surface area contributed by atoms with Crippen molar-refractivity contribution >= 4 is 6.09 Å². The van der Waals surface area contributed by atoms with Crippen LogP contribution < -0.4 is 5.32 Å². The van der Waals surface area contributed by atoms with E-state index in [4.69, 9.17) is 4.74 Å². The lowest BCUT2D eigenvalue weighted by atomic mass is 9.84. The number of carbonyl (C=O) groups is 1. The first-order valence-electron chi connectivity index (χ1n) is 6.09. The molecule has 0 saturated heterocycles. The van der Waals surface area contributed by atoms with Gasteiger partial charge in [-0.05, 0) is 32.6 Å². The third-order valence-corrected chi connectivity index (χ3v) is 3.02. The molecule has 1 fully saturated rings. The maximum atomic E-state index is 11.4. The van der Waals surface area contributed by atoms with Crippen LogP contribution in [-0.2, 0) is 4.74 Å². The van der Waals surface area contributed by atoms with Crippen molar-refractivity contribution in [1.29, 1.82) is 0 Å². The Morgan fingerprint density at radius 1 is 1.47 bits per heavy atom. The monoisotopic (exact) mass is 213 g/mol. The van der Waals surface area contributed by atoms with Crippen molar-refractivity contribution in [2.75, 3.05) is 0 Å². The largest absolute Gasteiger partial charge is 0.447 e. The topological polar surface area (TPSA) is 38.3 Å². The summed E-state index contributed by atoms with van der Waals surface area (Å²) in [5.41, 5.74) is 0. The Balaban J connectivity index is 2.28. The van der Waals surface area contributed by atoms with Crippen LogP contribution in [0, 0.1) is 5.92 Å². The first-order chi connectivity index (χ1) is 7.11. The van der Waals surface area contributed by atoms with Crippen LogP contribution in [0.1, 0.15) is 52.9 Å². The summed E-state index contributed by atoms with van der Waals surface area (Å²) in [5, 5.41) is 2.95. The summed E-state index contributed by atoms with van der Waals surface area (Å²) < 4.78 is 5.07. The highest BCUT2D eigenvalue weighted by molar-refractivity contribution is 5.67. The Morgan fingerprint density at radius 3 is 2.80 bits per heavy atom. The highest BCUT2D eigenvalue weighted by Gasteiger charge is 2.22. The molecule has 1 rings (SSSR count). The quantitative estimate of drug-likeness (QED) is 0.782. The summed E-state index contributed by atoms with van der Waals surface area (Å²) in [6.45, 7) is 5.96. The fourth-order valence-corrected chi connectivity index (χ4v) is 2.21. The van der Waals surface area contributed by atoms with Gasteiger partial charge in [0.1, 0.15) is 0 Å². The standard InChI is InChI=1S/C12H23NO2/c1-4-10-6-5-7-11(8-10)13-12(14)15-9(2)3/h9-11H,4-8H2,1-3H3,(H,13,14). The van der Waals surface area contributed by atoms with Crippen LogP contribution in [0.2, 0.25) is 0 Å². The summed E-state index contributed by atoms with van der Waals surface area (Å²) in [6.07, 6.45) is 5.69. The van der Waals surface area contributed by atoms with Crippen LogP contribution in [0.15, 0.2) is 0 Å². The number of amides is 1. The second-order valence-corrected chi connectivity index (χ2v) is 4.74. The molecule has 88 valence electrons. The van der Waals surface area contributed by atoms with E-state index in [-0.39, 0.29) is 12.2 Å². The summed E-state index contributed by atoms with van der Waals surface area (Å²) in [4.78, 5) is 11.4. The van der Waals surface area contributed by atoms with Crippen molar-refractivity contribution in [2.24, 2.45) is 5.92 Å². The molecular weight excluding hydrogens is 190 g/mol. The molecule has 0 heterocycles. The van der Waals surface area contributed by atoms with Crippen molar-refractivity contribution in [1.82, 2.24) is 5.32 Å². The number of hydrogen-bond acceptors (Lipinski definition) is 2. The van der Waals surface area contributed by atoms with E-state index < -0.39 is 0 Å². The third kappa shape index (κ3) is 4.54. The molecule has 0 radical (unpaired) electrons. The molecular formula is C12H23NO2. The Labute approximate surface area is 92.6 Å². The summed E-state index contributed by atoms with van der Waals surface area (Å²) >= 11 is 0. The lowest BCUT2D eigenvalue weighted by Gasteiger charge is -2.28. The fourth-order valence-electron chi connectivity index (χ4n) is 2.21. The van der Waals surface area contributed by atoms with Gasteiger partial charge >= 0.3 is 6.09 Å². The zero-order chi connectivity index (χ0) is 11.3. The van der Waals surface area contributed by atoms with Gasteiger partial charge in [0.25, 0.3) is 0 Å². The minimum atomic E-state index is -0.258. The van der Waals surface area contributed by atoms with Gasteiger partial charge in [0, 0.05) is 6.04 Å². The maximum absolute atomic E-state index is 11.4. The Kier molecular flexibility index (Phi) is 4.92. The van der Waals surface area contributed by atoms with Gasteiger partial charge in [0.2, 0.25) is 0 Å². The number of alkyl carbamates (subject to hydrolysis) is 1. The first kappa shape index (κ1) is 12.3. The van der Waals surface area contributed by atoms with Gasteiger partial charge in [-0.15, -0.1) is 0 Å². The smallest absolute Gasteiger partial charge is 0.407 e. The van der Waals surface area contributed by atoms with Gasteiger partial charge < -0.3 is 10.1 Å². The van der Waals surface area contributed by atoms with Crippen molar-refractivity contribution in [2.45, 2.75) is 65.0 Å². The molecule has 2 atom stereocenters. The molecule has 0 aliphatic heterocycles. The fraction of sp³-hybridized carbons (Fsp3) is 0.917. The van der Waals surface area contributed by atoms with Gasteiger partial charge in [-0.3, -0.25) is 0 Å². The van der Waals surface area contributed by atoms with Gasteiger partial charge in [0.05, 0.1) is 6.10 Å². The molecule has 0 spiro atoms. The highest BCUT2D eigenvalue weighted by Crippen LogP contribution is 2.26. The zero-order valence-corrected chi connectivity index (χ0v) is 10.1. The Bertz CT molecular complexity index is 204. The van der Waals surface area contributed by atoms with E-state index in [1.165, 1.54) is 19.3 Å². The molecule has 2 unspecified atom stereocenters. The highest BCUT2D eigenvalue weighted by atomic mass is 16.6. The lowest BCUT2D eigenvalue weighted by Crippen LogP contribution is -2.39. The molecule has 0 aromatic rings. The van der Waals surface area contributed by atoms with Gasteiger partial charge in [-0.1, -0.05) is 26.2 Å². The Hall–Kier alpha value is -0.730. The van der Waals surface area contributed by atoms with Crippen LogP contribution in [0.3, 0.4) is 0 Å². The minimum absolute atomic E-state index is 0.0319. The van der Waals surface area contributed by atoms with E-state index in [0.29, 0.717) is 6.04 Å². The predicted molar refractivity (Wildman–Crippen MR) is 60.8 cm³/mol. The van der Waals surface area contributed by atoms with Crippen molar-refractivity contribution in [3.8, 4) is 0 Å². The van der Waals surface area contributed by atoms with Crippen molar-refractivity contribution in [3.05, 3.63) is 0 Å². The number of ether oxygens (including phenoxy) is 1. The maximum Gasteiger partial charge on any atom is 0.407 e. The molecule has 0 aromatic carbocycles.